The molecule has 1 aliphatic rings. The number of rotatable bonds is 4. The molecule has 0 radical (unpaired) electrons. The summed E-state index contributed by atoms with van der Waals surface area (Å²) in [6.07, 6.45) is -4.75. The van der Waals surface area contributed by atoms with Crippen molar-refractivity contribution in [3.05, 3.63) is 53.6 Å². The van der Waals surface area contributed by atoms with E-state index in [1.165, 1.54) is 25.3 Å². The van der Waals surface area contributed by atoms with Gasteiger partial charge in [0, 0.05) is 13.0 Å². The Bertz CT molecular complexity index is 912. The molecule has 0 bridgehead atoms. The van der Waals surface area contributed by atoms with Crippen LogP contribution in [0.4, 0.5) is 24.5 Å². The van der Waals surface area contributed by atoms with Gasteiger partial charge in [0.05, 0.1) is 30.0 Å². The Morgan fingerprint density at radius 3 is 2.61 bits per heavy atom. The average Bonchev–Trinajstić information content (AvgIpc) is 3.03. The summed E-state index contributed by atoms with van der Waals surface area (Å²) < 4.78 is 45.0. The number of hydrogen-bond acceptors (Lipinski definition) is 3. The number of halogens is 3. The predicted molar refractivity (Wildman–Crippen MR) is 98.3 cm³/mol. The van der Waals surface area contributed by atoms with Crippen LogP contribution in [-0.2, 0) is 15.8 Å². The van der Waals surface area contributed by atoms with Crippen LogP contribution in [0.1, 0.15) is 17.5 Å². The number of aryl methyl sites for hydroxylation is 1. The molecule has 28 heavy (non-hydrogen) atoms. The number of ether oxygens (including phenoxy) is 1. The van der Waals surface area contributed by atoms with E-state index in [-0.39, 0.29) is 18.7 Å². The van der Waals surface area contributed by atoms with Gasteiger partial charge in [-0.25, -0.2) is 0 Å². The molecule has 2 aromatic carbocycles. The molecule has 8 heteroatoms. The Balaban J connectivity index is 1.80. The van der Waals surface area contributed by atoms with Gasteiger partial charge in [-0.15, -0.1) is 0 Å². The van der Waals surface area contributed by atoms with Crippen LogP contribution in [-0.4, -0.2) is 25.5 Å². The van der Waals surface area contributed by atoms with E-state index in [0.717, 1.165) is 16.5 Å². The lowest BCUT2D eigenvalue weighted by molar-refractivity contribution is -0.137. The van der Waals surface area contributed by atoms with Gasteiger partial charge in [0.15, 0.2) is 0 Å². The number of alkyl halides is 3. The molecular formula is C20H19F3N2O3. The molecule has 1 heterocycles. The Labute approximate surface area is 160 Å². The summed E-state index contributed by atoms with van der Waals surface area (Å²) in [6, 6.07) is 10.1. The minimum absolute atomic E-state index is 0.119. The second kappa shape index (κ2) is 7.53. The van der Waals surface area contributed by atoms with E-state index < -0.39 is 29.5 Å². The van der Waals surface area contributed by atoms with E-state index in [1.807, 2.05) is 13.0 Å². The lowest BCUT2D eigenvalue weighted by Crippen LogP contribution is -2.29. The summed E-state index contributed by atoms with van der Waals surface area (Å²) in [7, 11) is 1.47. The molecule has 148 valence electrons. The first-order valence-electron chi connectivity index (χ1n) is 8.63. The first-order chi connectivity index (χ1) is 13.2. The third-order valence-electron chi connectivity index (χ3n) is 4.61. The molecular weight excluding hydrogens is 373 g/mol. The van der Waals surface area contributed by atoms with E-state index in [1.54, 1.807) is 12.1 Å². The van der Waals surface area contributed by atoms with Gasteiger partial charge in [-0.3, -0.25) is 9.59 Å². The molecule has 0 aliphatic carbocycles. The van der Waals surface area contributed by atoms with Crippen LogP contribution >= 0.6 is 0 Å². The average molecular weight is 392 g/mol. The maximum atomic E-state index is 13.3. The zero-order valence-electron chi connectivity index (χ0n) is 15.3. The fourth-order valence-electron chi connectivity index (χ4n) is 3.22. The van der Waals surface area contributed by atoms with Crippen molar-refractivity contribution in [1.82, 2.24) is 0 Å². The predicted octanol–water partition coefficient (Wildman–Crippen LogP) is 4.01. The number of nitrogens with one attached hydrogen (secondary N) is 1. The van der Waals surface area contributed by atoms with E-state index in [0.29, 0.717) is 11.4 Å². The number of amides is 2. The normalized spacial score (nSPS) is 17.0. The number of anilines is 2. The molecule has 0 aromatic heterocycles. The van der Waals surface area contributed by atoms with Gasteiger partial charge in [0.1, 0.15) is 5.75 Å². The molecule has 2 aromatic rings. The summed E-state index contributed by atoms with van der Waals surface area (Å²) in [5.41, 5.74) is 0.224. The van der Waals surface area contributed by atoms with Gasteiger partial charge < -0.3 is 15.0 Å². The quantitative estimate of drug-likeness (QED) is 0.855. The summed E-state index contributed by atoms with van der Waals surface area (Å²) >= 11 is 0. The van der Waals surface area contributed by atoms with Crippen molar-refractivity contribution in [2.24, 2.45) is 5.92 Å². The van der Waals surface area contributed by atoms with Gasteiger partial charge in [0.25, 0.3) is 0 Å². The van der Waals surface area contributed by atoms with Crippen LogP contribution in [0.2, 0.25) is 0 Å². The number of nitrogens with zero attached hydrogens (tertiary/aromatic N) is 1. The molecule has 1 N–H and O–H groups in total. The lowest BCUT2D eigenvalue weighted by Gasteiger charge is -2.21. The van der Waals surface area contributed by atoms with Gasteiger partial charge in [0.2, 0.25) is 11.8 Å². The molecule has 1 atom stereocenters. The van der Waals surface area contributed by atoms with Crippen LogP contribution in [0.3, 0.4) is 0 Å². The molecule has 3 rings (SSSR count). The first-order valence-corrected chi connectivity index (χ1v) is 8.63. The van der Waals surface area contributed by atoms with Crippen LogP contribution in [0.15, 0.2) is 42.5 Å². The van der Waals surface area contributed by atoms with Crippen molar-refractivity contribution in [3.63, 3.8) is 0 Å². The van der Waals surface area contributed by atoms with E-state index in [4.69, 9.17) is 4.74 Å². The first kappa shape index (κ1) is 19.7. The molecule has 1 saturated heterocycles. The number of benzene rings is 2. The van der Waals surface area contributed by atoms with Crippen LogP contribution in [0.5, 0.6) is 5.75 Å². The van der Waals surface area contributed by atoms with Crippen LogP contribution in [0, 0.1) is 12.8 Å². The fourth-order valence-corrected chi connectivity index (χ4v) is 3.22. The molecule has 2 amide bonds. The monoisotopic (exact) mass is 392 g/mol. The number of carbonyl (C=O) groups excluding carboxylic acids is 2. The summed E-state index contributed by atoms with van der Waals surface area (Å²) in [5, 5.41) is 2.72. The zero-order valence-corrected chi connectivity index (χ0v) is 15.3. The van der Waals surface area contributed by atoms with Gasteiger partial charge in [-0.1, -0.05) is 18.2 Å². The lowest BCUT2D eigenvalue weighted by atomic mass is 10.1. The maximum Gasteiger partial charge on any atom is 0.418 e. The molecule has 5 nitrogen and oxygen atoms in total. The van der Waals surface area contributed by atoms with Crippen molar-refractivity contribution in [3.8, 4) is 5.75 Å². The van der Waals surface area contributed by atoms with Crippen molar-refractivity contribution in [2.75, 3.05) is 23.9 Å². The summed E-state index contributed by atoms with van der Waals surface area (Å²) in [4.78, 5) is 26.0. The minimum Gasteiger partial charge on any atom is -0.495 e. The number of carbonyl (C=O) groups is 2. The van der Waals surface area contributed by atoms with E-state index in [9.17, 15) is 22.8 Å². The molecule has 1 fully saturated rings. The largest absolute Gasteiger partial charge is 0.495 e. The topological polar surface area (TPSA) is 58.6 Å². The van der Waals surface area contributed by atoms with Crippen molar-refractivity contribution < 1.29 is 27.5 Å². The Hall–Kier alpha value is -3.03. The molecule has 1 aliphatic heterocycles. The number of hydrogen-bond donors (Lipinski definition) is 1. The third kappa shape index (κ3) is 3.95. The van der Waals surface area contributed by atoms with Crippen LogP contribution < -0.4 is 15.0 Å². The summed E-state index contributed by atoms with van der Waals surface area (Å²) in [6.45, 7) is 1.73. The molecule has 0 spiro atoms. The zero-order chi connectivity index (χ0) is 20.5. The molecule has 0 saturated carbocycles. The van der Waals surface area contributed by atoms with Gasteiger partial charge in [-0.05, 0) is 36.8 Å². The maximum absolute atomic E-state index is 13.3. The summed E-state index contributed by atoms with van der Waals surface area (Å²) in [5.74, 6) is -1.26. The smallest absolute Gasteiger partial charge is 0.418 e. The SMILES string of the molecule is COc1ccc(C)cc1NC(=O)C1CC(=O)N(c2ccccc2C(F)(F)F)C1. The van der Waals surface area contributed by atoms with Crippen molar-refractivity contribution in [2.45, 2.75) is 19.5 Å². The number of para-hydroxylation sites is 1. The molecule has 1 unspecified atom stereocenters. The van der Waals surface area contributed by atoms with Gasteiger partial charge >= 0.3 is 6.18 Å². The second-order valence-corrected chi connectivity index (χ2v) is 6.61. The van der Waals surface area contributed by atoms with E-state index in [2.05, 4.69) is 5.32 Å². The Morgan fingerprint density at radius 2 is 1.93 bits per heavy atom. The van der Waals surface area contributed by atoms with Crippen LogP contribution in [0.25, 0.3) is 0 Å². The highest BCUT2D eigenvalue weighted by atomic mass is 19.4. The van der Waals surface area contributed by atoms with Gasteiger partial charge in [-0.2, -0.15) is 13.2 Å². The van der Waals surface area contributed by atoms with E-state index >= 15 is 0 Å². The second-order valence-electron chi connectivity index (χ2n) is 6.61. The minimum atomic E-state index is -4.59. The highest BCUT2D eigenvalue weighted by molar-refractivity contribution is 6.04. The number of methoxy groups -OCH3 is 1. The Morgan fingerprint density at radius 1 is 1.21 bits per heavy atom. The van der Waals surface area contributed by atoms with Crippen molar-refractivity contribution >= 4 is 23.2 Å². The highest BCUT2D eigenvalue weighted by Gasteiger charge is 2.40. The third-order valence-corrected chi connectivity index (χ3v) is 4.61. The Kier molecular flexibility index (Phi) is 5.31. The standard InChI is InChI=1S/C20H19F3N2O3/c1-12-7-8-17(28-2)15(9-12)24-19(27)13-10-18(26)25(11-13)16-6-4-3-5-14(16)20(21,22)23/h3-9,13H,10-11H2,1-2H3,(H,24,27). The highest BCUT2D eigenvalue weighted by Crippen LogP contribution is 2.38. The fraction of sp³-hybridized carbons (Fsp3) is 0.300. The van der Waals surface area contributed by atoms with Crippen molar-refractivity contribution in [1.29, 1.82) is 0 Å².